The summed E-state index contributed by atoms with van der Waals surface area (Å²) in [6.45, 7) is 3.98. The molecular weight excluding hydrogens is 308 g/mol. The summed E-state index contributed by atoms with van der Waals surface area (Å²) in [6.07, 6.45) is 0.159. The predicted octanol–water partition coefficient (Wildman–Crippen LogP) is 3.35. The third-order valence-electron chi connectivity index (χ3n) is 2.20. The second-order valence-electron chi connectivity index (χ2n) is 4.26. The first-order chi connectivity index (χ1) is 9.02. The van der Waals surface area contributed by atoms with Gasteiger partial charge in [0, 0.05) is 11.8 Å². The van der Waals surface area contributed by atoms with E-state index in [0.29, 0.717) is 16.4 Å². The number of nitrogens with one attached hydrogen (secondary N) is 1. The summed E-state index contributed by atoms with van der Waals surface area (Å²) < 4.78 is 6.21. The zero-order valence-electron chi connectivity index (χ0n) is 10.7. The highest BCUT2D eigenvalue weighted by Gasteiger charge is 2.02. The number of ether oxygens (including phenoxy) is 1. The standard InChI is InChI=1S/C13H15BrN4O/c1-8(2)19-10-5-3-9(4-6-10)16-13-17-11(14)7-12(15)18-13/h3-8H,1-2H3,(H3,15,16,17,18). The summed E-state index contributed by atoms with van der Waals surface area (Å²) in [5.74, 6) is 1.68. The Labute approximate surface area is 120 Å². The molecule has 0 radical (unpaired) electrons. The molecule has 19 heavy (non-hydrogen) atoms. The van der Waals surface area contributed by atoms with Crippen LogP contribution in [0, 0.1) is 0 Å². The number of halogens is 1. The number of hydrogen-bond donors (Lipinski definition) is 2. The molecule has 0 amide bonds. The first-order valence-corrected chi connectivity index (χ1v) is 6.66. The van der Waals surface area contributed by atoms with Crippen LogP contribution in [0.1, 0.15) is 13.8 Å². The van der Waals surface area contributed by atoms with E-state index in [1.165, 1.54) is 0 Å². The smallest absolute Gasteiger partial charge is 0.230 e. The van der Waals surface area contributed by atoms with Gasteiger partial charge in [-0.05, 0) is 54.0 Å². The number of rotatable bonds is 4. The Morgan fingerprint density at radius 3 is 2.47 bits per heavy atom. The third-order valence-corrected chi connectivity index (χ3v) is 2.60. The van der Waals surface area contributed by atoms with Crippen LogP contribution in [0.5, 0.6) is 5.75 Å². The number of aromatic nitrogens is 2. The molecule has 0 bridgehead atoms. The van der Waals surface area contributed by atoms with Crippen molar-refractivity contribution in [3.05, 3.63) is 34.9 Å². The molecule has 1 heterocycles. The molecule has 0 atom stereocenters. The monoisotopic (exact) mass is 322 g/mol. The van der Waals surface area contributed by atoms with E-state index in [0.717, 1.165) is 11.4 Å². The van der Waals surface area contributed by atoms with Crippen LogP contribution in [0.25, 0.3) is 0 Å². The number of nitrogens with zero attached hydrogens (tertiary/aromatic N) is 2. The lowest BCUT2D eigenvalue weighted by molar-refractivity contribution is 0.242. The van der Waals surface area contributed by atoms with Crippen molar-refractivity contribution in [1.29, 1.82) is 0 Å². The molecule has 2 aromatic rings. The molecular formula is C13H15BrN4O. The van der Waals surface area contributed by atoms with Crippen LogP contribution in [0.4, 0.5) is 17.5 Å². The highest BCUT2D eigenvalue weighted by molar-refractivity contribution is 9.10. The number of nitrogens with two attached hydrogens (primary N) is 1. The number of benzene rings is 1. The van der Waals surface area contributed by atoms with E-state index in [1.54, 1.807) is 6.07 Å². The van der Waals surface area contributed by atoms with Crippen molar-refractivity contribution in [2.75, 3.05) is 11.1 Å². The Morgan fingerprint density at radius 1 is 1.21 bits per heavy atom. The SMILES string of the molecule is CC(C)Oc1ccc(Nc2nc(N)cc(Br)n2)cc1. The van der Waals surface area contributed by atoms with Crippen LogP contribution < -0.4 is 15.8 Å². The van der Waals surface area contributed by atoms with Crippen molar-refractivity contribution in [3.8, 4) is 5.75 Å². The Balaban J connectivity index is 2.10. The maximum Gasteiger partial charge on any atom is 0.230 e. The molecule has 0 saturated carbocycles. The van der Waals surface area contributed by atoms with Gasteiger partial charge in [-0.15, -0.1) is 0 Å². The normalized spacial score (nSPS) is 10.5. The molecule has 1 aromatic carbocycles. The minimum Gasteiger partial charge on any atom is -0.491 e. The van der Waals surface area contributed by atoms with Crippen molar-refractivity contribution in [2.24, 2.45) is 0 Å². The average molecular weight is 323 g/mol. The second kappa shape index (κ2) is 5.88. The largest absolute Gasteiger partial charge is 0.491 e. The summed E-state index contributed by atoms with van der Waals surface area (Å²) in [4.78, 5) is 8.28. The molecule has 6 heteroatoms. The molecule has 2 rings (SSSR count). The topological polar surface area (TPSA) is 73.1 Å². The molecule has 0 aliphatic carbocycles. The van der Waals surface area contributed by atoms with Crippen LogP contribution in [0.3, 0.4) is 0 Å². The minimum atomic E-state index is 0.159. The maximum absolute atomic E-state index is 5.65. The summed E-state index contributed by atoms with van der Waals surface area (Å²) in [5.41, 5.74) is 6.52. The maximum atomic E-state index is 5.65. The van der Waals surface area contributed by atoms with Crippen molar-refractivity contribution in [2.45, 2.75) is 20.0 Å². The van der Waals surface area contributed by atoms with Gasteiger partial charge in [-0.3, -0.25) is 0 Å². The summed E-state index contributed by atoms with van der Waals surface area (Å²) in [6, 6.07) is 9.23. The zero-order valence-corrected chi connectivity index (χ0v) is 12.3. The van der Waals surface area contributed by atoms with Gasteiger partial charge in [0.05, 0.1) is 6.10 Å². The van der Waals surface area contributed by atoms with E-state index >= 15 is 0 Å². The van der Waals surface area contributed by atoms with Crippen LogP contribution in [-0.2, 0) is 0 Å². The fourth-order valence-corrected chi connectivity index (χ4v) is 1.91. The van der Waals surface area contributed by atoms with E-state index in [9.17, 15) is 0 Å². The molecule has 0 aliphatic heterocycles. The lowest BCUT2D eigenvalue weighted by Crippen LogP contribution is -2.05. The van der Waals surface area contributed by atoms with Crippen LogP contribution in [0.2, 0.25) is 0 Å². The molecule has 0 spiro atoms. The van der Waals surface area contributed by atoms with Crippen molar-refractivity contribution in [3.63, 3.8) is 0 Å². The second-order valence-corrected chi connectivity index (χ2v) is 5.07. The van der Waals surface area contributed by atoms with E-state index in [1.807, 2.05) is 38.1 Å². The molecule has 5 nitrogen and oxygen atoms in total. The summed E-state index contributed by atoms with van der Waals surface area (Å²) in [5, 5.41) is 3.08. The van der Waals surface area contributed by atoms with Crippen LogP contribution in [0.15, 0.2) is 34.9 Å². The molecule has 1 aromatic heterocycles. The minimum absolute atomic E-state index is 0.159. The molecule has 0 aliphatic rings. The highest BCUT2D eigenvalue weighted by Crippen LogP contribution is 2.20. The Morgan fingerprint density at radius 2 is 1.89 bits per heavy atom. The van der Waals surface area contributed by atoms with Crippen LogP contribution >= 0.6 is 15.9 Å². The van der Waals surface area contributed by atoms with Crippen LogP contribution in [-0.4, -0.2) is 16.1 Å². The predicted molar refractivity (Wildman–Crippen MR) is 79.6 cm³/mol. The van der Waals surface area contributed by atoms with E-state index in [2.05, 4.69) is 31.2 Å². The number of nitrogen functional groups attached to an aromatic ring is 1. The van der Waals surface area contributed by atoms with Gasteiger partial charge in [-0.1, -0.05) is 0 Å². The van der Waals surface area contributed by atoms with Gasteiger partial charge >= 0.3 is 0 Å². The van der Waals surface area contributed by atoms with Gasteiger partial charge in [-0.25, -0.2) is 4.98 Å². The zero-order chi connectivity index (χ0) is 13.8. The highest BCUT2D eigenvalue weighted by atomic mass is 79.9. The summed E-state index contributed by atoms with van der Waals surface area (Å²) >= 11 is 3.27. The molecule has 0 saturated heterocycles. The van der Waals surface area contributed by atoms with Gasteiger partial charge in [0.15, 0.2) is 0 Å². The van der Waals surface area contributed by atoms with Crippen molar-refractivity contribution in [1.82, 2.24) is 9.97 Å². The first kappa shape index (κ1) is 13.6. The molecule has 0 unspecified atom stereocenters. The van der Waals surface area contributed by atoms with Crippen molar-refractivity contribution < 1.29 is 4.74 Å². The molecule has 3 N–H and O–H groups in total. The fraction of sp³-hybridized carbons (Fsp3) is 0.231. The third kappa shape index (κ3) is 4.10. The Hall–Kier alpha value is -1.82. The van der Waals surface area contributed by atoms with Gasteiger partial charge < -0.3 is 15.8 Å². The Kier molecular flexibility index (Phi) is 4.21. The van der Waals surface area contributed by atoms with E-state index in [4.69, 9.17) is 10.5 Å². The van der Waals surface area contributed by atoms with Gasteiger partial charge in [-0.2, -0.15) is 4.98 Å². The van der Waals surface area contributed by atoms with E-state index < -0.39 is 0 Å². The molecule has 100 valence electrons. The van der Waals surface area contributed by atoms with Crippen molar-refractivity contribution >= 4 is 33.4 Å². The summed E-state index contributed by atoms with van der Waals surface area (Å²) in [7, 11) is 0. The average Bonchev–Trinajstić information content (AvgIpc) is 2.29. The van der Waals surface area contributed by atoms with E-state index in [-0.39, 0.29) is 6.10 Å². The fourth-order valence-electron chi connectivity index (χ4n) is 1.51. The lowest BCUT2D eigenvalue weighted by Gasteiger charge is -2.10. The number of anilines is 3. The molecule has 0 fully saturated rings. The quantitative estimate of drug-likeness (QED) is 0.844. The van der Waals surface area contributed by atoms with Gasteiger partial charge in [0.25, 0.3) is 0 Å². The van der Waals surface area contributed by atoms with Gasteiger partial charge in [0.2, 0.25) is 5.95 Å². The lowest BCUT2D eigenvalue weighted by atomic mass is 10.3. The Bertz CT molecular complexity index is 537. The number of hydrogen-bond acceptors (Lipinski definition) is 5. The van der Waals surface area contributed by atoms with Gasteiger partial charge in [0.1, 0.15) is 16.2 Å². The first-order valence-electron chi connectivity index (χ1n) is 5.87.